The number of unbranched alkanes of at least 4 members (excludes halogenated alkanes) is 3. The van der Waals surface area contributed by atoms with Crippen LogP contribution in [0.25, 0.3) is 0 Å². The number of hydrogen-bond donors (Lipinski definition) is 1. The van der Waals surface area contributed by atoms with E-state index in [0.717, 1.165) is 12.8 Å². The molecule has 0 spiro atoms. The second kappa shape index (κ2) is 7.47. The van der Waals surface area contributed by atoms with Crippen LogP contribution >= 0.6 is 0 Å². The second-order valence-electron chi connectivity index (χ2n) is 4.24. The number of rotatable bonds is 7. The Morgan fingerprint density at radius 2 is 1.67 bits per heavy atom. The first-order chi connectivity index (χ1) is 7.34. The van der Waals surface area contributed by atoms with Crippen LogP contribution in [-0.4, -0.2) is 11.7 Å². The second-order valence-corrected chi connectivity index (χ2v) is 4.24. The van der Waals surface area contributed by atoms with Crippen molar-refractivity contribution in [2.45, 2.75) is 44.9 Å². The maximum absolute atomic E-state index is 8.65. The summed E-state index contributed by atoms with van der Waals surface area (Å²) in [6.45, 7) is 2.63. The minimum atomic E-state index is 0.342. The molecule has 1 atom stereocenters. The fraction of sp³-hybridized carbons (Fsp3) is 0.571. The molecule has 0 fully saturated rings. The lowest BCUT2D eigenvalue weighted by atomic mass is 9.95. The highest BCUT2D eigenvalue weighted by molar-refractivity contribution is 5.18. The van der Waals surface area contributed by atoms with E-state index in [0.29, 0.717) is 12.5 Å². The van der Waals surface area contributed by atoms with Gasteiger partial charge in [-0.25, -0.2) is 0 Å². The van der Waals surface area contributed by atoms with Crippen molar-refractivity contribution in [3.8, 4) is 0 Å². The Morgan fingerprint density at radius 3 is 2.33 bits per heavy atom. The lowest BCUT2D eigenvalue weighted by Crippen LogP contribution is -1.93. The van der Waals surface area contributed by atoms with Gasteiger partial charge in [0.1, 0.15) is 0 Å². The fourth-order valence-electron chi connectivity index (χ4n) is 1.86. The van der Waals surface area contributed by atoms with E-state index in [1.807, 2.05) is 0 Å². The molecule has 1 aromatic rings. The first kappa shape index (κ1) is 12.3. The highest BCUT2D eigenvalue weighted by atomic mass is 16.2. The molecule has 0 aliphatic heterocycles. The lowest BCUT2D eigenvalue weighted by molar-refractivity contribution is 0.282. The van der Waals surface area contributed by atoms with Crippen molar-refractivity contribution in [3.63, 3.8) is 0 Å². The SMILES string of the molecule is CC(CCCCCCO)c1ccccc1. The number of benzene rings is 1. The van der Waals surface area contributed by atoms with Gasteiger partial charge in [0.05, 0.1) is 0 Å². The molecule has 0 saturated heterocycles. The molecular weight excluding hydrogens is 184 g/mol. The quantitative estimate of drug-likeness (QED) is 0.674. The van der Waals surface area contributed by atoms with Gasteiger partial charge < -0.3 is 5.11 Å². The Morgan fingerprint density at radius 1 is 1.00 bits per heavy atom. The van der Waals surface area contributed by atoms with Gasteiger partial charge in [0.15, 0.2) is 0 Å². The van der Waals surface area contributed by atoms with Gasteiger partial charge in [-0.15, -0.1) is 0 Å². The molecule has 1 rings (SSSR count). The van der Waals surface area contributed by atoms with Crippen molar-refractivity contribution < 1.29 is 5.11 Å². The summed E-state index contributed by atoms with van der Waals surface area (Å²) in [6, 6.07) is 10.7. The van der Waals surface area contributed by atoms with Gasteiger partial charge in [0.25, 0.3) is 0 Å². The first-order valence-electron chi connectivity index (χ1n) is 6.00. The standard InChI is InChI=1S/C14H22O/c1-13(9-5-2-3-8-12-15)14-10-6-4-7-11-14/h4,6-7,10-11,13,15H,2-3,5,8-9,12H2,1H3. The van der Waals surface area contributed by atoms with Crippen LogP contribution in [0.1, 0.15) is 50.5 Å². The molecule has 0 saturated carbocycles. The highest BCUT2D eigenvalue weighted by Gasteiger charge is 2.03. The van der Waals surface area contributed by atoms with E-state index in [1.54, 1.807) is 0 Å². The van der Waals surface area contributed by atoms with Gasteiger partial charge in [-0.1, -0.05) is 56.5 Å². The van der Waals surface area contributed by atoms with Crippen molar-refractivity contribution in [2.75, 3.05) is 6.61 Å². The van der Waals surface area contributed by atoms with Crippen LogP contribution in [-0.2, 0) is 0 Å². The zero-order valence-electron chi connectivity index (χ0n) is 9.65. The molecule has 0 aromatic heterocycles. The minimum Gasteiger partial charge on any atom is -0.396 e. The van der Waals surface area contributed by atoms with Crippen molar-refractivity contribution >= 4 is 0 Å². The highest BCUT2D eigenvalue weighted by Crippen LogP contribution is 2.21. The van der Waals surface area contributed by atoms with Crippen LogP contribution in [0.3, 0.4) is 0 Å². The third-order valence-corrected chi connectivity index (χ3v) is 2.91. The van der Waals surface area contributed by atoms with Crippen LogP contribution in [0.4, 0.5) is 0 Å². The van der Waals surface area contributed by atoms with Crippen molar-refractivity contribution in [1.29, 1.82) is 0 Å². The first-order valence-corrected chi connectivity index (χ1v) is 6.00. The predicted octanol–water partition coefficient (Wildman–Crippen LogP) is 3.73. The molecule has 1 aromatic carbocycles. The number of aliphatic hydroxyl groups excluding tert-OH is 1. The molecule has 1 unspecified atom stereocenters. The smallest absolute Gasteiger partial charge is 0.0431 e. The van der Waals surface area contributed by atoms with E-state index in [-0.39, 0.29) is 0 Å². The molecular formula is C14H22O. The van der Waals surface area contributed by atoms with E-state index in [4.69, 9.17) is 5.11 Å². The lowest BCUT2D eigenvalue weighted by Gasteiger charge is -2.11. The fourth-order valence-corrected chi connectivity index (χ4v) is 1.86. The summed E-state index contributed by atoms with van der Waals surface area (Å²) in [5, 5.41) is 8.65. The van der Waals surface area contributed by atoms with Crippen molar-refractivity contribution in [2.24, 2.45) is 0 Å². The van der Waals surface area contributed by atoms with Crippen LogP contribution in [0.5, 0.6) is 0 Å². The molecule has 0 heterocycles. The normalized spacial score (nSPS) is 12.7. The number of aliphatic hydroxyl groups is 1. The van der Waals surface area contributed by atoms with Crippen molar-refractivity contribution in [3.05, 3.63) is 35.9 Å². The molecule has 1 heteroatoms. The third kappa shape index (κ3) is 4.98. The van der Waals surface area contributed by atoms with E-state index >= 15 is 0 Å². The van der Waals surface area contributed by atoms with Crippen LogP contribution < -0.4 is 0 Å². The molecule has 1 nitrogen and oxygen atoms in total. The minimum absolute atomic E-state index is 0.342. The number of hydrogen-bond acceptors (Lipinski definition) is 1. The topological polar surface area (TPSA) is 20.2 Å². The molecule has 1 N–H and O–H groups in total. The van der Waals surface area contributed by atoms with E-state index in [1.165, 1.54) is 24.8 Å². The summed E-state index contributed by atoms with van der Waals surface area (Å²) in [5.41, 5.74) is 1.44. The zero-order chi connectivity index (χ0) is 10.9. The Balaban J connectivity index is 2.16. The summed E-state index contributed by atoms with van der Waals surface area (Å²) in [4.78, 5) is 0. The van der Waals surface area contributed by atoms with E-state index < -0.39 is 0 Å². The maximum Gasteiger partial charge on any atom is 0.0431 e. The monoisotopic (exact) mass is 206 g/mol. The van der Waals surface area contributed by atoms with Gasteiger partial charge in [0, 0.05) is 6.61 Å². The van der Waals surface area contributed by atoms with Crippen LogP contribution in [0.2, 0.25) is 0 Å². The summed E-state index contributed by atoms with van der Waals surface area (Å²) >= 11 is 0. The summed E-state index contributed by atoms with van der Waals surface area (Å²) in [6.07, 6.45) is 5.90. The predicted molar refractivity (Wildman–Crippen MR) is 65.0 cm³/mol. The third-order valence-electron chi connectivity index (χ3n) is 2.91. The summed E-state index contributed by atoms with van der Waals surface area (Å²) in [5.74, 6) is 0.667. The van der Waals surface area contributed by atoms with E-state index in [2.05, 4.69) is 37.3 Å². The summed E-state index contributed by atoms with van der Waals surface area (Å²) in [7, 11) is 0. The van der Waals surface area contributed by atoms with Gasteiger partial charge in [-0.2, -0.15) is 0 Å². The zero-order valence-corrected chi connectivity index (χ0v) is 9.65. The summed E-state index contributed by atoms with van der Waals surface area (Å²) < 4.78 is 0. The van der Waals surface area contributed by atoms with Gasteiger partial charge >= 0.3 is 0 Å². The molecule has 15 heavy (non-hydrogen) atoms. The average molecular weight is 206 g/mol. The van der Waals surface area contributed by atoms with Gasteiger partial charge in [0.2, 0.25) is 0 Å². The Labute approximate surface area is 93.1 Å². The molecule has 0 aliphatic rings. The van der Waals surface area contributed by atoms with Crippen molar-refractivity contribution in [1.82, 2.24) is 0 Å². The Kier molecular flexibility index (Phi) is 6.10. The molecule has 84 valence electrons. The molecule has 0 bridgehead atoms. The van der Waals surface area contributed by atoms with Crippen LogP contribution in [0.15, 0.2) is 30.3 Å². The Bertz CT molecular complexity index is 243. The molecule has 0 radical (unpaired) electrons. The Hall–Kier alpha value is -0.820. The maximum atomic E-state index is 8.65. The van der Waals surface area contributed by atoms with Gasteiger partial charge in [-0.3, -0.25) is 0 Å². The van der Waals surface area contributed by atoms with Gasteiger partial charge in [-0.05, 0) is 24.3 Å². The largest absolute Gasteiger partial charge is 0.396 e. The molecule has 0 aliphatic carbocycles. The molecule has 0 amide bonds. The average Bonchev–Trinajstić information content (AvgIpc) is 2.30. The van der Waals surface area contributed by atoms with E-state index in [9.17, 15) is 0 Å². The van der Waals surface area contributed by atoms with Crippen LogP contribution in [0, 0.1) is 0 Å².